The zero-order valence-electron chi connectivity index (χ0n) is 16.6. The second-order valence-corrected chi connectivity index (χ2v) is 8.80. The molecule has 1 aliphatic rings. The number of hydrazone groups is 1. The first-order valence-electron chi connectivity index (χ1n) is 9.60. The molecular weight excluding hydrogens is 432 g/mol. The van der Waals surface area contributed by atoms with Crippen molar-refractivity contribution in [3.05, 3.63) is 69.0 Å². The standard InChI is InChI=1S/C21H18N6O2S2/c1-29-15-6-2-5-14(11-15)21-22-25-26(24-21)13-20(28)27-17(19-8-4-10-31-19)12-16(23-27)18-7-3-9-30-18/h2-11,17H,12-13H2,1H3/t17-/m0/s1. The lowest BCUT2D eigenvalue weighted by molar-refractivity contribution is -0.134. The molecule has 1 atom stereocenters. The number of carbonyl (C=O) groups is 1. The first kappa shape index (κ1) is 19.6. The van der Waals surface area contributed by atoms with Gasteiger partial charge in [-0.05, 0) is 40.2 Å². The fourth-order valence-corrected chi connectivity index (χ4v) is 4.95. The number of rotatable bonds is 6. The Labute approximate surface area is 186 Å². The minimum absolute atomic E-state index is 0.0416. The van der Waals surface area contributed by atoms with Gasteiger partial charge in [-0.1, -0.05) is 24.3 Å². The Kier molecular flexibility index (Phi) is 5.31. The molecule has 1 amide bonds. The number of nitrogens with zero attached hydrogens (tertiary/aromatic N) is 6. The van der Waals surface area contributed by atoms with Crippen LogP contribution in [0.3, 0.4) is 0 Å². The van der Waals surface area contributed by atoms with E-state index in [2.05, 4.69) is 20.5 Å². The van der Waals surface area contributed by atoms with Crippen molar-refractivity contribution in [2.75, 3.05) is 7.11 Å². The van der Waals surface area contributed by atoms with E-state index in [-0.39, 0.29) is 18.5 Å². The maximum absolute atomic E-state index is 13.2. The fourth-order valence-electron chi connectivity index (χ4n) is 3.42. The molecule has 0 saturated carbocycles. The molecule has 0 unspecified atom stereocenters. The van der Waals surface area contributed by atoms with Crippen LogP contribution in [0.1, 0.15) is 22.2 Å². The third kappa shape index (κ3) is 3.99. The van der Waals surface area contributed by atoms with Crippen molar-refractivity contribution in [1.29, 1.82) is 0 Å². The van der Waals surface area contributed by atoms with Crippen molar-refractivity contribution < 1.29 is 9.53 Å². The van der Waals surface area contributed by atoms with Gasteiger partial charge in [0.15, 0.2) is 0 Å². The molecule has 10 heteroatoms. The highest BCUT2D eigenvalue weighted by molar-refractivity contribution is 7.12. The number of amides is 1. The Balaban J connectivity index is 1.37. The van der Waals surface area contributed by atoms with Crippen LogP contribution in [0.2, 0.25) is 0 Å². The maximum atomic E-state index is 13.2. The van der Waals surface area contributed by atoms with Gasteiger partial charge in [-0.2, -0.15) is 9.90 Å². The molecule has 156 valence electrons. The molecule has 0 radical (unpaired) electrons. The summed E-state index contributed by atoms with van der Waals surface area (Å²) in [5.74, 6) is 0.960. The van der Waals surface area contributed by atoms with Crippen LogP contribution in [-0.2, 0) is 11.3 Å². The fraction of sp³-hybridized carbons (Fsp3) is 0.190. The molecular formula is C21H18N6O2S2. The third-order valence-electron chi connectivity index (χ3n) is 4.90. The monoisotopic (exact) mass is 450 g/mol. The highest BCUT2D eigenvalue weighted by Gasteiger charge is 2.34. The molecule has 0 saturated heterocycles. The molecule has 0 bridgehead atoms. The van der Waals surface area contributed by atoms with E-state index in [4.69, 9.17) is 4.74 Å². The van der Waals surface area contributed by atoms with Crippen molar-refractivity contribution in [3.8, 4) is 17.1 Å². The van der Waals surface area contributed by atoms with E-state index in [1.54, 1.807) is 34.8 Å². The summed E-state index contributed by atoms with van der Waals surface area (Å²) in [6, 6.07) is 15.3. The topological polar surface area (TPSA) is 85.5 Å². The normalized spacial score (nSPS) is 15.8. The Morgan fingerprint density at radius 1 is 1.16 bits per heavy atom. The van der Waals surface area contributed by atoms with Gasteiger partial charge < -0.3 is 4.74 Å². The highest BCUT2D eigenvalue weighted by atomic mass is 32.1. The van der Waals surface area contributed by atoms with Crippen LogP contribution in [0.5, 0.6) is 5.75 Å². The second-order valence-electron chi connectivity index (χ2n) is 6.87. The molecule has 0 aliphatic carbocycles. The molecule has 31 heavy (non-hydrogen) atoms. The van der Waals surface area contributed by atoms with Crippen LogP contribution in [0.25, 0.3) is 11.4 Å². The molecule has 5 rings (SSSR count). The van der Waals surface area contributed by atoms with Gasteiger partial charge in [-0.15, -0.1) is 32.9 Å². The van der Waals surface area contributed by atoms with E-state index in [0.29, 0.717) is 18.0 Å². The minimum atomic E-state index is -0.181. The van der Waals surface area contributed by atoms with Crippen molar-refractivity contribution in [2.45, 2.75) is 19.0 Å². The number of benzene rings is 1. The summed E-state index contributed by atoms with van der Waals surface area (Å²) in [5, 5.41) is 22.8. The number of carbonyl (C=O) groups excluding carboxylic acids is 1. The van der Waals surface area contributed by atoms with E-state index in [1.807, 2.05) is 59.3 Å². The zero-order chi connectivity index (χ0) is 21.2. The molecule has 0 spiro atoms. The van der Waals surface area contributed by atoms with Crippen LogP contribution < -0.4 is 4.74 Å². The molecule has 8 nitrogen and oxygen atoms in total. The Bertz CT molecular complexity index is 1220. The van der Waals surface area contributed by atoms with Crippen molar-refractivity contribution >= 4 is 34.3 Å². The van der Waals surface area contributed by atoms with Crippen molar-refractivity contribution in [2.24, 2.45) is 5.10 Å². The van der Waals surface area contributed by atoms with E-state index in [9.17, 15) is 4.79 Å². The van der Waals surface area contributed by atoms with E-state index >= 15 is 0 Å². The lowest BCUT2D eigenvalue weighted by Gasteiger charge is -2.20. The number of hydrogen-bond donors (Lipinski definition) is 0. The van der Waals surface area contributed by atoms with E-state index in [0.717, 1.165) is 21.0 Å². The maximum Gasteiger partial charge on any atom is 0.266 e. The van der Waals surface area contributed by atoms with Gasteiger partial charge in [-0.3, -0.25) is 4.79 Å². The van der Waals surface area contributed by atoms with Crippen molar-refractivity contribution in [1.82, 2.24) is 25.2 Å². The summed E-state index contributed by atoms with van der Waals surface area (Å²) < 4.78 is 5.25. The molecule has 0 N–H and O–H groups in total. The lowest BCUT2D eigenvalue weighted by atomic mass is 10.1. The average Bonchev–Trinajstić information content (AvgIpc) is 3.59. The summed E-state index contributed by atoms with van der Waals surface area (Å²) >= 11 is 3.25. The van der Waals surface area contributed by atoms with Gasteiger partial charge in [0.05, 0.1) is 23.7 Å². The summed E-state index contributed by atoms with van der Waals surface area (Å²) in [6.07, 6.45) is 0.687. The number of aromatic nitrogens is 4. The second kappa shape index (κ2) is 8.40. The zero-order valence-corrected chi connectivity index (χ0v) is 18.2. The molecule has 3 aromatic heterocycles. The number of thiophene rings is 2. The number of ether oxygens (including phenoxy) is 1. The first-order valence-corrected chi connectivity index (χ1v) is 11.4. The van der Waals surface area contributed by atoms with Crippen LogP contribution in [0.4, 0.5) is 0 Å². The minimum Gasteiger partial charge on any atom is -0.497 e. The molecule has 0 fully saturated rings. The number of hydrogen-bond acceptors (Lipinski definition) is 8. The Morgan fingerprint density at radius 2 is 2.03 bits per heavy atom. The number of methoxy groups -OCH3 is 1. The SMILES string of the molecule is COc1cccc(-c2nnn(CC(=O)N3N=C(c4cccs4)C[C@H]3c3cccs3)n2)c1. The van der Waals surface area contributed by atoms with Crippen LogP contribution >= 0.6 is 22.7 Å². The Hall–Kier alpha value is -3.37. The summed E-state index contributed by atoms with van der Waals surface area (Å²) in [4.78, 5) is 16.7. The van der Waals surface area contributed by atoms with Crippen molar-refractivity contribution in [3.63, 3.8) is 0 Å². The Morgan fingerprint density at radius 3 is 2.81 bits per heavy atom. The molecule has 1 aliphatic heterocycles. The highest BCUT2D eigenvalue weighted by Crippen LogP contribution is 2.36. The largest absolute Gasteiger partial charge is 0.497 e. The van der Waals surface area contributed by atoms with E-state index in [1.165, 1.54) is 4.80 Å². The van der Waals surface area contributed by atoms with E-state index < -0.39 is 0 Å². The predicted molar refractivity (Wildman–Crippen MR) is 119 cm³/mol. The predicted octanol–water partition coefficient (Wildman–Crippen LogP) is 3.85. The average molecular weight is 451 g/mol. The summed E-state index contributed by atoms with van der Waals surface area (Å²) in [7, 11) is 1.60. The smallest absolute Gasteiger partial charge is 0.266 e. The number of tetrazole rings is 1. The quantitative estimate of drug-likeness (QED) is 0.445. The van der Waals surface area contributed by atoms with Gasteiger partial charge in [-0.25, -0.2) is 5.01 Å². The van der Waals surface area contributed by atoms with Crippen LogP contribution in [0, 0.1) is 0 Å². The van der Waals surface area contributed by atoms with Gasteiger partial charge in [0, 0.05) is 16.9 Å². The third-order valence-corrected chi connectivity index (χ3v) is 6.79. The molecule has 4 heterocycles. The first-order chi connectivity index (χ1) is 15.2. The van der Waals surface area contributed by atoms with Crippen LogP contribution in [0.15, 0.2) is 64.4 Å². The lowest BCUT2D eigenvalue weighted by Crippen LogP contribution is -2.30. The molecule has 1 aromatic carbocycles. The van der Waals surface area contributed by atoms with Crippen LogP contribution in [-0.4, -0.2) is 43.9 Å². The van der Waals surface area contributed by atoms with Gasteiger partial charge in [0.2, 0.25) is 5.82 Å². The summed E-state index contributed by atoms with van der Waals surface area (Å²) in [6.45, 7) is -0.0416. The van der Waals surface area contributed by atoms with Gasteiger partial charge in [0.1, 0.15) is 12.3 Å². The van der Waals surface area contributed by atoms with Gasteiger partial charge in [0.25, 0.3) is 5.91 Å². The van der Waals surface area contributed by atoms with Gasteiger partial charge >= 0.3 is 0 Å². The summed E-state index contributed by atoms with van der Waals surface area (Å²) in [5.41, 5.74) is 1.69. The molecule has 4 aromatic rings.